The highest BCUT2D eigenvalue weighted by Gasteiger charge is 2.60. The van der Waals surface area contributed by atoms with Crippen LogP contribution in [0.2, 0.25) is 0 Å². The van der Waals surface area contributed by atoms with E-state index in [-0.39, 0.29) is 30.0 Å². The number of aliphatic carboxylic acids is 1. The number of carboxylic acids is 1. The Kier molecular flexibility index (Phi) is 6.12. The minimum Gasteiger partial charge on any atom is -0.481 e. The quantitative estimate of drug-likeness (QED) is 0.222. The number of carboxylic acid groups (broad SMARTS) is 1. The number of oxime groups is 1. The first-order valence-corrected chi connectivity index (χ1v) is 10.3. The number of anilines is 2. The number of esters is 1. The highest BCUT2D eigenvalue weighted by atomic mass is 32.2. The van der Waals surface area contributed by atoms with Crippen molar-refractivity contribution in [2.45, 2.75) is 18.3 Å². The van der Waals surface area contributed by atoms with E-state index in [1.54, 1.807) is 0 Å². The number of hydrogen-bond donors (Lipinski definition) is 2. The van der Waals surface area contributed by atoms with Gasteiger partial charge >= 0.3 is 11.9 Å². The summed E-state index contributed by atoms with van der Waals surface area (Å²) in [5.41, 5.74) is 4.17. The number of aromatic nitrogens is 2. The average molecular weight is 458 g/mol. The number of ether oxygens (including phenoxy) is 1. The van der Waals surface area contributed by atoms with Gasteiger partial charge in [-0.1, -0.05) is 5.16 Å². The fourth-order valence-electron chi connectivity index (χ4n) is 3.07. The summed E-state index contributed by atoms with van der Waals surface area (Å²) in [6.45, 7) is 0.652. The molecule has 0 saturated carbocycles. The van der Waals surface area contributed by atoms with Gasteiger partial charge in [-0.2, -0.15) is 9.36 Å². The fourth-order valence-corrected chi connectivity index (χ4v) is 5.07. The third-order valence-electron chi connectivity index (χ3n) is 4.55. The van der Waals surface area contributed by atoms with Gasteiger partial charge in [-0.25, -0.2) is 0 Å². The maximum Gasteiger partial charge on any atom is 0.315 e. The molecule has 0 aromatic carbocycles. The third-order valence-corrected chi connectivity index (χ3v) is 6.66. The van der Waals surface area contributed by atoms with Crippen LogP contribution >= 0.6 is 23.3 Å². The second-order valence-electron chi connectivity index (χ2n) is 6.54. The lowest BCUT2D eigenvalue weighted by molar-refractivity contribution is -0.163. The van der Waals surface area contributed by atoms with E-state index in [0.717, 1.165) is 34.4 Å². The summed E-state index contributed by atoms with van der Waals surface area (Å²) in [7, 11) is 1.26. The molecule has 1 aromatic rings. The zero-order valence-corrected chi connectivity index (χ0v) is 17.5. The van der Waals surface area contributed by atoms with Crippen LogP contribution in [-0.2, 0) is 28.8 Å². The summed E-state index contributed by atoms with van der Waals surface area (Å²) >= 11 is 2.02. The van der Waals surface area contributed by atoms with Gasteiger partial charge < -0.3 is 25.3 Å². The zero-order chi connectivity index (χ0) is 22.1. The highest BCUT2D eigenvalue weighted by Crippen LogP contribution is 2.44. The Morgan fingerprint density at radius 2 is 2.23 bits per heavy atom. The van der Waals surface area contributed by atoms with Gasteiger partial charge in [0.05, 0.1) is 0 Å². The SMILES string of the molecule is CON=CC(=O)N(c1nsc(N)n1)C1C(=O)N2CC(COC(C)=O)(C(=O)O)CS[C@H]12. The monoisotopic (exact) mass is 458 g/mol. The summed E-state index contributed by atoms with van der Waals surface area (Å²) < 4.78 is 8.92. The lowest BCUT2D eigenvalue weighted by Gasteiger charge is -2.55. The second-order valence-corrected chi connectivity index (χ2v) is 8.42. The number of fused-ring (bicyclic) bond motifs is 1. The van der Waals surface area contributed by atoms with Crippen molar-refractivity contribution in [3.63, 3.8) is 0 Å². The van der Waals surface area contributed by atoms with Gasteiger partial charge in [-0.15, -0.1) is 11.8 Å². The van der Waals surface area contributed by atoms with Crippen LogP contribution in [0.3, 0.4) is 0 Å². The summed E-state index contributed by atoms with van der Waals surface area (Å²) in [5.74, 6) is -2.96. The van der Waals surface area contributed by atoms with Crippen LogP contribution in [0, 0.1) is 5.41 Å². The number of thioether (sulfide) groups is 1. The van der Waals surface area contributed by atoms with Crippen LogP contribution in [0.4, 0.5) is 11.1 Å². The number of β-lactam (4-membered cyclic amide) rings is 1. The molecule has 2 aliphatic heterocycles. The van der Waals surface area contributed by atoms with Crippen molar-refractivity contribution >= 4 is 64.3 Å². The van der Waals surface area contributed by atoms with Crippen LogP contribution < -0.4 is 10.6 Å². The van der Waals surface area contributed by atoms with E-state index < -0.39 is 40.6 Å². The smallest absolute Gasteiger partial charge is 0.315 e. The lowest BCUT2D eigenvalue weighted by atomic mass is 9.88. The number of amides is 2. The van der Waals surface area contributed by atoms with Crippen LogP contribution in [0.5, 0.6) is 0 Å². The number of nitrogens with zero attached hydrogens (tertiary/aromatic N) is 5. The first kappa shape index (κ1) is 21.8. The van der Waals surface area contributed by atoms with Gasteiger partial charge in [0.15, 0.2) is 0 Å². The number of carbonyl (C=O) groups excluding carboxylic acids is 3. The van der Waals surface area contributed by atoms with Gasteiger partial charge in [0, 0.05) is 30.8 Å². The van der Waals surface area contributed by atoms with E-state index >= 15 is 0 Å². The van der Waals surface area contributed by atoms with Crippen molar-refractivity contribution in [3.05, 3.63) is 0 Å². The van der Waals surface area contributed by atoms with Crippen molar-refractivity contribution in [2.75, 3.05) is 36.6 Å². The molecule has 2 aliphatic rings. The zero-order valence-electron chi connectivity index (χ0n) is 15.9. The summed E-state index contributed by atoms with van der Waals surface area (Å²) in [4.78, 5) is 59.4. The van der Waals surface area contributed by atoms with Gasteiger partial charge in [-0.3, -0.25) is 24.1 Å². The Hall–Kier alpha value is -2.94. The highest BCUT2D eigenvalue weighted by molar-refractivity contribution is 8.00. The van der Waals surface area contributed by atoms with E-state index in [2.05, 4.69) is 19.4 Å². The molecule has 3 rings (SSSR count). The molecule has 2 unspecified atom stereocenters. The van der Waals surface area contributed by atoms with Gasteiger partial charge in [0.25, 0.3) is 5.91 Å². The molecule has 1 aromatic heterocycles. The molecule has 0 radical (unpaired) electrons. The maximum absolute atomic E-state index is 12.9. The van der Waals surface area contributed by atoms with Crippen molar-refractivity contribution < 1.29 is 33.9 Å². The summed E-state index contributed by atoms with van der Waals surface area (Å²) in [6, 6.07) is -0.972. The van der Waals surface area contributed by atoms with E-state index in [4.69, 9.17) is 10.5 Å². The number of rotatable bonds is 7. The molecular weight excluding hydrogens is 440 g/mol. The van der Waals surface area contributed by atoms with Crippen LogP contribution in [0.25, 0.3) is 0 Å². The van der Waals surface area contributed by atoms with E-state index in [1.165, 1.54) is 18.9 Å². The summed E-state index contributed by atoms with van der Waals surface area (Å²) in [5, 5.41) is 12.7. The molecule has 13 nitrogen and oxygen atoms in total. The normalized spacial score (nSPS) is 25.4. The molecule has 2 amide bonds. The Morgan fingerprint density at radius 1 is 1.50 bits per heavy atom. The lowest BCUT2D eigenvalue weighted by Crippen LogP contribution is -2.75. The number of nitrogens with two attached hydrogens (primary N) is 1. The van der Waals surface area contributed by atoms with Crippen molar-refractivity contribution in [1.82, 2.24) is 14.3 Å². The first-order chi connectivity index (χ1) is 14.2. The minimum atomic E-state index is -1.44. The van der Waals surface area contributed by atoms with E-state index in [1.807, 2.05) is 0 Å². The maximum atomic E-state index is 12.9. The van der Waals surface area contributed by atoms with E-state index in [9.17, 15) is 24.3 Å². The predicted molar refractivity (Wildman–Crippen MR) is 106 cm³/mol. The van der Waals surface area contributed by atoms with Crippen molar-refractivity contribution in [3.8, 4) is 0 Å². The number of carbonyl (C=O) groups is 4. The molecule has 3 N–H and O–H groups in total. The number of nitrogen functional groups attached to an aromatic ring is 1. The molecule has 15 heteroatoms. The van der Waals surface area contributed by atoms with Crippen LogP contribution in [0.1, 0.15) is 6.92 Å². The molecule has 2 saturated heterocycles. The Bertz CT molecular complexity index is 908. The van der Waals surface area contributed by atoms with Gasteiger partial charge in [0.2, 0.25) is 17.0 Å². The number of hydrogen-bond acceptors (Lipinski definition) is 12. The fraction of sp³-hybridized carbons (Fsp3) is 0.533. The Balaban J connectivity index is 1.84. The van der Waals surface area contributed by atoms with E-state index in [0.29, 0.717) is 0 Å². The molecule has 0 aliphatic carbocycles. The molecule has 0 bridgehead atoms. The van der Waals surface area contributed by atoms with Crippen molar-refractivity contribution in [1.29, 1.82) is 0 Å². The Labute approximate surface area is 178 Å². The first-order valence-electron chi connectivity index (χ1n) is 8.48. The second kappa shape index (κ2) is 8.43. The Morgan fingerprint density at radius 3 is 2.80 bits per heavy atom. The van der Waals surface area contributed by atoms with Crippen molar-refractivity contribution in [2.24, 2.45) is 10.6 Å². The topological polar surface area (TPSA) is 178 Å². The largest absolute Gasteiger partial charge is 0.481 e. The average Bonchev–Trinajstić information content (AvgIpc) is 3.13. The standard InChI is InChI=1S/C15H18N6O7S2/c1-7(22)28-5-15(12(25)26)4-20-10(24)9(11(20)29-6-15)21(8(23)3-17-27-2)14-18-13(16)30-19-14/h3,9,11H,4-6H2,1-2H3,(H,25,26)(H2,16,18,19)/t9?,11-,15?/m1/s1. The molecule has 3 atom stereocenters. The van der Waals surface area contributed by atoms with Crippen LogP contribution in [0.15, 0.2) is 5.16 Å². The molecule has 0 spiro atoms. The molecule has 2 fully saturated rings. The van der Waals surface area contributed by atoms with Gasteiger partial charge in [-0.05, 0) is 0 Å². The molecular formula is C15H18N6O7S2. The van der Waals surface area contributed by atoms with Crippen LogP contribution in [-0.4, -0.2) is 86.8 Å². The molecule has 30 heavy (non-hydrogen) atoms. The molecule has 3 heterocycles. The molecule has 162 valence electrons. The predicted octanol–water partition coefficient (Wildman–Crippen LogP) is -0.997. The summed E-state index contributed by atoms with van der Waals surface area (Å²) in [6.07, 6.45) is 0.878. The van der Waals surface area contributed by atoms with Gasteiger partial charge in [0.1, 0.15) is 36.8 Å². The minimum absolute atomic E-state index is 0.0568. The third kappa shape index (κ3) is 3.89.